The van der Waals surface area contributed by atoms with Gasteiger partial charge in [0.1, 0.15) is 5.75 Å². The fourth-order valence-electron chi connectivity index (χ4n) is 1.37. The molecule has 18 heavy (non-hydrogen) atoms. The Morgan fingerprint density at radius 3 is 2.94 bits per heavy atom. The molecule has 0 aliphatic heterocycles. The van der Waals surface area contributed by atoms with Crippen LogP contribution in [0.5, 0.6) is 5.75 Å². The summed E-state index contributed by atoms with van der Waals surface area (Å²) in [5.41, 5.74) is 1.14. The van der Waals surface area contributed by atoms with Crippen LogP contribution in [0.25, 0.3) is 0 Å². The number of nitrogens with zero attached hydrogens (tertiary/aromatic N) is 2. The van der Waals surface area contributed by atoms with Crippen molar-refractivity contribution in [2.45, 2.75) is 10.1 Å². The summed E-state index contributed by atoms with van der Waals surface area (Å²) in [6.07, 6.45) is 0. The molecule has 2 aromatic rings. The molecule has 0 unspecified atom stereocenters. The molecule has 0 aliphatic carbocycles. The van der Waals surface area contributed by atoms with Crippen LogP contribution in [-0.4, -0.2) is 24.4 Å². The number of benzene rings is 1. The molecule has 0 saturated carbocycles. The zero-order valence-corrected chi connectivity index (χ0v) is 13.2. The number of hydrogen-bond acceptors (Lipinski definition) is 6. The van der Waals surface area contributed by atoms with Crippen molar-refractivity contribution in [2.24, 2.45) is 0 Å². The lowest BCUT2D eigenvalue weighted by Gasteiger charge is -2.07. The van der Waals surface area contributed by atoms with E-state index in [1.807, 2.05) is 19.2 Å². The van der Waals surface area contributed by atoms with Crippen LogP contribution >= 0.6 is 39.0 Å². The molecule has 0 aliphatic rings. The lowest BCUT2D eigenvalue weighted by molar-refractivity contribution is 0.411. The maximum Gasteiger partial charge on any atom is 0.206 e. The summed E-state index contributed by atoms with van der Waals surface area (Å²) in [6, 6.07) is 5.99. The average molecular weight is 346 g/mol. The molecule has 0 atom stereocenters. The largest absolute Gasteiger partial charge is 0.496 e. The highest BCUT2D eigenvalue weighted by Crippen LogP contribution is 2.32. The molecule has 1 aromatic heterocycles. The topological polar surface area (TPSA) is 47.0 Å². The highest BCUT2D eigenvalue weighted by Gasteiger charge is 2.07. The number of hydrogen-bond donors (Lipinski definition) is 1. The number of aromatic nitrogens is 2. The molecular weight excluding hydrogens is 334 g/mol. The quantitative estimate of drug-likeness (QED) is 0.838. The van der Waals surface area contributed by atoms with Crippen molar-refractivity contribution >= 4 is 44.2 Å². The molecule has 1 aromatic carbocycles. The van der Waals surface area contributed by atoms with Crippen molar-refractivity contribution in [2.75, 3.05) is 19.5 Å². The van der Waals surface area contributed by atoms with Gasteiger partial charge >= 0.3 is 0 Å². The zero-order chi connectivity index (χ0) is 13.0. The highest BCUT2D eigenvalue weighted by molar-refractivity contribution is 9.10. The minimum Gasteiger partial charge on any atom is -0.496 e. The normalized spacial score (nSPS) is 10.4. The van der Waals surface area contributed by atoms with Crippen LogP contribution in [0.15, 0.2) is 27.0 Å². The van der Waals surface area contributed by atoms with Gasteiger partial charge in [-0.3, -0.25) is 0 Å². The van der Waals surface area contributed by atoms with Gasteiger partial charge in [-0.25, -0.2) is 0 Å². The van der Waals surface area contributed by atoms with Crippen molar-refractivity contribution in [3.8, 4) is 5.75 Å². The Labute approximate surface area is 122 Å². The van der Waals surface area contributed by atoms with E-state index in [-0.39, 0.29) is 0 Å². The molecule has 4 nitrogen and oxygen atoms in total. The van der Waals surface area contributed by atoms with Crippen molar-refractivity contribution in [3.05, 3.63) is 28.2 Å². The maximum absolute atomic E-state index is 5.34. The average Bonchev–Trinajstić information content (AvgIpc) is 2.84. The van der Waals surface area contributed by atoms with E-state index in [9.17, 15) is 0 Å². The van der Waals surface area contributed by atoms with Gasteiger partial charge in [-0.15, -0.1) is 10.2 Å². The van der Waals surface area contributed by atoms with Crippen LogP contribution in [-0.2, 0) is 5.75 Å². The molecule has 0 fully saturated rings. The van der Waals surface area contributed by atoms with Gasteiger partial charge in [0.15, 0.2) is 4.34 Å². The summed E-state index contributed by atoms with van der Waals surface area (Å²) in [6.45, 7) is 0. The van der Waals surface area contributed by atoms with Crippen molar-refractivity contribution in [1.29, 1.82) is 0 Å². The van der Waals surface area contributed by atoms with Crippen LogP contribution in [0.2, 0.25) is 0 Å². The van der Waals surface area contributed by atoms with Crippen LogP contribution in [0, 0.1) is 0 Å². The van der Waals surface area contributed by atoms with Gasteiger partial charge in [0.2, 0.25) is 5.13 Å². The summed E-state index contributed by atoms with van der Waals surface area (Å²) in [5, 5.41) is 11.9. The van der Waals surface area contributed by atoms with E-state index in [2.05, 4.69) is 37.5 Å². The van der Waals surface area contributed by atoms with E-state index in [1.165, 1.54) is 0 Å². The third kappa shape index (κ3) is 3.37. The number of rotatable bonds is 5. The van der Waals surface area contributed by atoms with Crippen LogP contribution in [0.1, 0.15) is 5.56 Å². The molecule has 0 bridgehead atoms. The van der Waals surface area contributed by atoms with Gasteiger partial charge in [-0.1, -0.05) is 39.0 Å². The van der Waals surface area contributed by atoms with E-state index in [1.54, 1.807) is 30.2 Å². The first-order valence-electron chi connectivity index (χ1n) is 5.19. The second-order valence-corrected chi connectivity index (χ2v) is 6.48. The fraction of sp³-hybridized carbons (Fsp3) is 0.273. The Hall–Kier alpha value is -0.790. The number of thioether (sulfide) groups is 1. The minimum atomic E-state index is 0.807. The molecule has 7 heteroatoms. The van der Waals surface area contributed by atoms with Crippen molar-refractivity contribution in [1.82, 2.24) is 10.2 Å². The molecular formula is C11H12BrN3OS2. The summed E-state index contributed by atoms with van der Waals surface area (Å²) in [7, 11) is 3.52. The van der Waals surface area contributed by atoms with E-state index in [0.29, 0.717) is 0 Å². The molecule has 0 radical (unpaired) electrons. The number of ether oxygens (including phenoxy) is 1. The first-order chi connectivity index (χ1) is 8.72. The highest BCUT2D eigenvalue weighted by atomic mass is 79.9. The monoisotopic (exact) mass is 345 g/mol. The Bertz CT molecular complexity index is 533. The maximum atomic E-state index is 5.34. The SMILES string of the molecule is CNc1nnc(SCc2cc(Br)ccc2OC)s1. The lowest BCUT2D eigenvalue weighted by atomic mass is 10.2. The van der Waals surface area contributed by atoms with Gasteiger partial charge in [-0.05, 0) is 18.2 Å². The third-order valence-electron chi connectivity index (χ3n) is 2.21. The van der Waals surface area contributed by atoms with Gasteiger partial charge in [0, 0.05) is 22.8 Å². The Morgan fingerprint density at radius 2 is 2.28 bits per heavy atom. The predicted molar refractivity (Wildman–Crippen MR) is 79.7 cm³/mol. The summed E-state index contributed by atoms with van der Waals surface area (Å²) >= 11 is 6.67. The van der Waals surface area contributed by atoms with Crippen LogP contribution < -0.4 is 10.1 Å². The fourth-order valence-corrected chi connectivity index (χ4v) is 3.46. The summed E-state index contributed by atoms with van der Waals surface area (Å²) < 4.78 is 7.33. The molecule has 0 amide bonds. The lowest BCUT2D eigenvalue weighted by Crippen LogP contribution is -1.90. The van der Waals surface area contributed by atoms with E-state index < -0.39 is 0 Å². The molecule has 96 valence electrons. The van der Waals surface area contributed by atoms with Crippen LogP contribution in [0.3, 0.4) is 0 Å². The smallest absolute Gasteiger partial charge is 0.206 e. The number of anilines is 1. The molecule has 0 saturated heterocycles. The zero-order valence-electron chi connectivity index (χ0n) is 9.94. The Balaban J connectivity index is 2.07. The van der Waals surface area contributed by atoms with Gasteiger partial charge in [-0.2, -0.15) is 0 Å². The van der Waals surface area contributed by atoms with Gasteiger partial charge in [0.25, 0.3) is 0 Å². The Kier molecular flexibility index (Phi) is 4.85. The number of methoxy groups -OCH3 is 1. The molecule has 2 rings (SSSR count). The molecule has 0 spiro atoms. The van der Waals surface area contributed by atoms with E-state index in [4.69, 9.17) is 4.74 Å². The molecule has 1 N–H and O–H groups in total. The van der Waals surface area contributed by atoms with E-state index >= 15 is 0 Å². The third-order valence-corrected chi connectivity index (χ3v) is 4.83. The summed E-state index contributed by atoms with van der Waals surface area (Å²) in [4.78, 5) is 0. The first kappa shape index (κ1) is 13.6. The Morgan fingerprint density at radius 1 is 1.44 bits per heavy atom. The summed E-state index contributed by atoms with van der Waals surface area (Å²) in [5.74, 6) is 1.70. The standard InChI is InChI=1S/C11H12BrN3OS2/c1-13-10-14-15-11(18-10)17-6-7-5-8(12)3-4-9(7)16-2/h3-5H,6H2,1-2H3,(H,13,14). The second kappa shape index (κ2) is 6.40. The second-order valence-electron chi connectivity index (χ2n) is 3.37. The van der Waals surface area contributed by atoms with Crippen LogP contribution in [0.4, 0.5) is 5.13 Å². The van der Waals surface area contributed by atoms with Gasteiger partial charge < -0.3 is 10.1 Å². The minimum absolute atomic E-state index is 0.807. The predicted octanol–water partition coefficient (Wildman–Crippen LogP) is 3.64. The van der Waals surface area contributed by atoms with Crippen molar-refractivity contribution < 1.29 is 4.74 Å². The van der Waals surface area contributed by atoms with E-state index in [0.717, 1.165) is 31.0 Å². The first-order valence-corrected chi connectivity index (χ1v) is 7.79. The number of nitrogens with one attached hydrogen (secondary N) is 1. The van der Waals surface area contributed by atoms with Gasteiger partial charge in [0.05, 0.1) is 7.11 Å². The molecule has 1 heterocycles. The number of halogens is 1. The van der Waals surface area contributed by atoms with Crippen molar-refractivity contribution in [3.63, 3.8) is 0 Å².